The lowest BCUT2D eigenvalue weighted by atomic mass is 10.1. The summed E-state index contributed by atoms with van der Waals surface area (Å²) in [5, 5.41) is 3.28. The van der Waals surface area contributed by atoms with Gasteiger partial charge in [-0.15, -0.1) is 0 Å². The van der Waals surface area contributed by atoms with Crippen LogP contribution in [0.5, 0.6) is 5.75 Å². The molecule has 3 aromatic carbocycles. The second-order valence-electron chi connectivity index (χ2n) is 9.61. The van der Waals surface area contributed by atoms with E-state index < -0.39 is 17.1 Å². The summed E-state index contributed by atoms with van der Waals surface area (Å²) < 4.78 is 6.19. The summed E-state index contributed by atoms with van der Waals surface area (Å²) in [6.07, 6.45) is 1.62. The van der Waals surface area contributed by atoms with Gasteiger partial charge in [-0.2, -0.15) is 0 Å². The highest BCUT2D eigenvalue weighted by atomic mass is 35.5. The molecule has 0 aliphatic carbocycles. The van der Waals surface area contributed by atoms with Crippen molar-refractivity contribution in [2.75, 3.05) is 29.9 Å². The van der Waals surface area contributed by atoms with Gasteiger partial charge in [0.25, 0.3) is 11.1 Å². The fraction of sp³-hybridized carbons (Fsp3) is 0.258. The lowest BCUT2D eigenvalue weighted by Gasteiger charge is -2.22. The molecule has 0 atom stereocenters. The summed E-state index contributed by atoms with van der Waals surface area (Å²) in [7, 11) is 0. The SMILES string of the molecule is CCN(CC)c1ccc(/C=C2/SC(=O)N(CC(=O)Nc3cc(C)cc(C)c3)C2=O)c(OCc2ccc(Cl)cc2Cl)c1. The standard InChI is InChI=1S/C31H31Cl2N3O4S/c1-5-35(6-2)25-10-8-21(27(16-25)40-18-22-7-9-23(32)15-26(22)33)14-28-30(38)36(31(39)41-28)17-29(37)34-24-12-19(3)11-20(4)13-24/h7-16H,5-6,17-18H2,1-4H3,(H,34,37)/b28-14+. The molecule has 3 amide bonds. The number of benzene rings is 3. The number of amides is 3. The van der Waals surface area contributed by atoms with Gasteiger partial charge in [0.1, 0.15) is 18.9 Å². The van der Waals surface area contributed by atoms with Crippen molar-refractivity contribution in [2.24, 2.45) is 0 Å². The molecule has 1 aliphatic heterocycles. The van der Waals surface area contributed by atoms with Crippen molar-refractivity contribution in [2.45, 2.75) is 34.3 Å². The Morgan fingerprint density at radius 2 is 1.71 bits per heavy atom. The second kappa shape index (κ2) is 13.5. The average Bonchev–Trinajstić information content (AvgIpc) is 3.16. The quantitative estimate of drug-likeness (QED) is 0.236. The number of thioether (sulfide) groups is 1. The molecule has 0 spiro atoms. The molecule has 1 heterocycles. The zero-order chi connectivity index (χ0) is 29.7. The third-order valence-corrected chi connectivity index (χ3v) is 7.99. The predicted molar refractivity (Wildman–Crippen MR) is 168 cm³/mol. The number of halogens is 2. The molecule has 7 nitrogen and oxygen atoms in total. The summed E-state index contributed by atoms with van der Waals surface area (Å²) in [4.78, 5) is 42.0. The zero-order valence-corrected chi connectivity index (χ0v) is 25.6. The predicted octanol–water partition coefficient (Wildman–Crippen LogP) is 7.71. The Morgan fingerprint density at radius 3 is 2.37 bits per heavy atom. The van der Waals surface area contributed by atoms with E-state index >= 15 is 0 Å². The van der Waals surface area contributed by atoms with Gasteiger partial charge in [-0.25, -0.2) is 0 Å². The van der Waals surface area contributed by atoms with Crippen LogP contribution in [0.25, 0.3) is 6.08 Å². The number of aryl methyl sites for hydroxylation is 2. The first-order chi connectivity index (χ1) is 19.6. The molecule has 0 aromatic heterocycles. The Balaban J connectivity index is 1.56. The van der Waals surface area contributed by atoms with E-state index in [4.69, 9.17) is 27.9 Å². The molecule has 1 N–H and O–H groups in total. The van der Waals surface area contributed by atoms with E-state index in [0.29, 0.717) is 27.0 Å². The van der Waals surface area contributed by atoms with Gasteiger partial charge in [0, 0.05) is 51.7 Å². The van der Waals surface area contributed by atoms with Crippen LogP contribution in [0.1, 0.15) is 36.1 Å². The second-order valence-corrected chi connectivity index (χ2v) is 11.4. The van der Waals surface area contributed by atoms with Gasteiger partial charge in [0.15, 0.2) is 0 Å². The maximum absolute atomic E-state index is 13.2. The minimum Gasteiger partial charge on any atom is -0.488 e. The molecule has 1 fully saturated rings. The van der Waals surface area contributed by atoms with E-state index in [2.05, 4.69) is 24.1 Å². The highest BCUT2D eigenvalue weighted by molar-refractivity contribution is 8.18. The van der Waals surface area contributed by atoms with Crippen molar-refractivity contribution in [3.63, 3.8) is 0 Å². The van der Waals surface area contributed by atoms with E-state index in [0.717, 1.165) is 52.1 Å². The number of nitrogens with zero attached hydrogens (tertiary/aromatic N) is 2. The number of hydrogen-bond donors (Lipinski definition) is 1. The molecule has 0 radical (unpaired) electrons. The molecule has 214 valence electrons. The van der Waals surface area contributed by atoms with E-state index in [-0.39, 0.29) is 18.1 Å². The van der Waals surface area contributed by atoms with Crippen LogP contribution in [0.2, 0.25) is 10.0 Å². The minimum absolute atomic E-state index is 0.179. The number of imide groups is 1. The van der Waals surface area contributed by atoms with Gasteiger partial charge in [-0.05, 0) is 93.1 Å². The van der Waals surface area contributed by atoms with Crippen molar-refractivity contribution in [3.8, 4) is 5.75 Å². The number of carbonyl (C=O) groups is 3. The van der Waals surface area contributed by atoms with Gasteiger partial charge >= 0.3 is 0 Å². The van der Waals surface area contributed by atoms with Crippen LogP contribution < -0.4 is 15.0 Å². The van der Waals surface area contributed by atoms with E-state index in [9.17, 15) is 14.4 Å². The maximum atomic E-state index is 13.2. The summed E-state index contributed by atoms with van der Waals surface area (Å²) in [6, 6.07) is 16.6. The topological polar surface area (TPSA) is 79.0 Å². The van der Waals surface area contributed by atoms with Crippen LogP contribution in [0.4, 0.5) is 16.2 Å². The molecule has 1 aliphatic rings. The highest BCUT2D eigenvalue weighted by Gasteiger charge is 2.36. The maximum Gasteiger partial charge on any atom is 0.294 e. The first-order valence-electron chi connectivity index (χ1n) is 13.2. The normalized spacial score (nSPS) is 14.1. The molecule has 1 saturated heterocycles. The van der Waals surface area contributed by atoms with Gasteiger partial charge in [0.05, 0.1) is 4.91 Å². The Bertz CT molecular complexity index is 1500. The summed E-state index contributed by atoms with van der Waals surface area (Å²) in [6.45, 7) is 9.41. The van der Waals surface area contributed by atoms with E-state index in [1.165, 1.54) is 0 Å². The molecule has 41 heavy (non-hydrogen) atoms. The lowest BCUT2D eigenvalue weighted by Crippen LogP contribution is -2.36. The third kappa shape index (κ3) is 7.64. The molecule has 0 bridgehead atoms. The molecule has 3 aromatic rings. The van der Waals surface area contributed by atoms with E-state index in [1.807, 2.05) is 50.2 Å². The number of carbonyl (C=O) groups excluding carboxylic acids is 3. The number of hydrogen-bond acceptors (Lipinski definition) is 6. The molecule has 0 saturated carbocycles. The monoisotopic (exact) mass is 611 g/mol. The number of ether oxygens (including phenoxy) is 1. The Labute approximate surface area is 254 Å². The first kappa shape index (κ1) is 30.5. The first-order valence-corrected chi connectivity index (χ1v) is 14.7. The number of anilines is 2. The Hall–Kier alpha value is -3.46. The fourth-order valence-corrected chi connectivity index (χ4v) is 5.81. The van der Waals surface area contributed by atoms with Crippen LogP contribution in [0.3, 0.4) is 0 Å². The van der Waals surface area contributed by atoms with Crippen molar-refractivity contribution in [1.29, 1.82) is 0 Å². The van der Waals surface area contributed by atoms with Crippen molar-refractivity contribution in [1.82, 2.24) is 4.90 Å². The highest BCUT2D eigenvalue weighted by Crippen LogP contribution is 2.36. The molecule has 4 rings (SSSR count). The van der Waals surface area contributed by atoms with Crippen molar-refractivity contribution in [3.05, 3.63) is 91.8 Å². The van der Waals surface area contributed by atoms with Gasteiger partial charge in [-0.3, -0.25) is 19.3 Å². The summed E-state index contributed by atoms with van der Waals surface area (Å²) >= 11 is 13.2. The van der Waals surface area contributed by atoms with Gasteiger partial charge in [-0.1, -0.05) is 35.3 Å². The summed E-state index contributed by atoms with van der Waals surface area (Å²) in [5.41, 5.74) is 4.95. The molecule has 10 heteroatoms. The largest absolute Gasteiger partial charge is 0.488 e. The van der Waals surface area contributed by atoms with Crippen LogP contribution >= 0.6 is 35.0 Å². The van der Waals surface area contributed by atoms with Gasteiger partial charge < -0.3 is 15.0 Å². The fourth-order valence-electron chi connectivity index (χ4n) is 4.52. The number of nitrogens with one attached hydrogen (secondary N) is 1. The minimum atomic E-state index is -0.532. The smallest absolute Gasteiger partial charge is 0.294 e. The Morgan fingerprint density at radius 1 is 1.00 bits per heavy atom. The van der Waals surface area contributed by atoms with Crippen LogP contribution in [0.15, 0.2) is 59.5 Å². The zero-order valence-electron chi connectivity index (χ0n) is 23.3. The molecular weight excluding hydrogens is 581 g/mol. The van der Waals surface area contributed by atoms with Gasteiger partial charge in [0.2, 0.25) is 5.91 Å². The molecule has 0 unspecified atom stereocenters. The third-order valence-electron chi connectivity index (χ3n) is 6.49. The number of rotatable bonds is 10. The van der Waals surface area contributed by atoms with Crippen molar-refractivity contribution < 1.29 is 19.1 Å². The van der Waals surface area contributed by atoms with Crippen molar-refractivity contribution >= 4 is 69.5 Å². The molecular formula is C31H31Cl2N3O4S. The van der Waals surface area contributed by atoms with Crippen LogP contribution in [-0.2, 0) is 16.2 Å². The average molecular weight is 613 g/mol. The van der Waals surface area contributed by atoms with Crippen LogP contribution in [0, 0.1) is 13.8 Å². The lowest BCUT2D eigenvalue weighted by molar-refractivity contribution is -0.127. The summed E-state index contributed by atoms with van der Waals surface area (Å²) in [5.74, 6) is -0.458. The van der Waals surface area contributed by atoms with Crippen LogP contribution in [-0.4, -0.2) is 41.6 Å². The Kier molecular flexibility index (Phi) is 10.0. The van der Waals surface area contributed by atoms with E-state index in [1.54, 1.807) is 24.3 Å².